The van der Waals surface area contributed by atoms with Crippen molar-refractivity contribution < 1.29 is 14.3 Å². The fourth-order valence-corrected chi connectivity index (χ4v) is 2.26. The van der Waals surface area contributed by atoms with E-state index in [2.05, 4.69) is 0 Å². The Kier molecular flexibility index (Phi) is 4.56. The average Bonchev–Trinajstić information content (AvgIpc) is 2.88. The molecule has 1 amide bonds. The second kappa shape index (κ2) is 6.17. The van der Waals surface area contributed by atoms with E-state index in [-0.39, 0.29) is 23.5 Å². The molecule has 1 aliphatic heterocycles. The van der Waals surface area contributed by atoms with E-state index < -0.39 is 5.82 Å². The van der Waals surface area contributed by atoms with Gasteiger partial charge in [0.05, 0.1) is 5.02 Å². The summed E-state index contributed by atoms with van der Waals surface area (Å²) in [4.78, 5) is 13.6. The highest BCUT2D eigenvalue weighted by Gasteiger charge is 2.23. The number of carbonyl (C=O) groups excluding carboxylic acids is 1. The Labute approximate surface area is 116 Å². The fourth-order valence-electron chi connectivity index (χ4n) is 2.07. The summed E-state index contributed by atoms with van der Waals surface area (Å²) in [5.41, 5.74) is 0.678. The number of hydrogen-bond acceptors (Lipinski definition) is 2. The van der Waals surface area contributed by atoms with E-state index in [0.717, 1.165) is 6.42 Å². The van der Waals surface area contributed by atoms with E-state index in [1.54, 1.807) is 17.0 Å². The van der Waals surface area contributed by atoms with Gasteiger partial charge in [-0.05, 0) is 30.2 Å². The zero-order valence-corrected chi connectivity index (χ0v) is 11.1. The standard InChI is InChI=1S/C14H15ClFNO2/c15-12-7-10(1-3-13(12)16)2-4-14(19)17-6-5-11(8-17)9-18/h1-4,7,11,18H,5-6,8-9H2/b4-2+. The number of rotatable bonds is 3. The maximum atomic E-state index is 13.0. The third-order valence-electron chi connectivity index (χ3n) is 3.22. The highest BCUT2D eigenvalue weighted by atomic mass is 35.5. The summed E-state index contributed by atoms with van der Waals surface area (Å²) in [5, 5.41) is 9.06. The smallest absolute Gasteiger partial charge is 0.246 e. The zero-order valence-electron chi connectivity index (χ0n) is 10.4. The minimum atomic E-state index is -0.476. The fraction of sp³-hybridized carbons (Fsp3) is 0.357. The third kappa shape index (κ3) is 3.55. The van der Waals surface area contributed by atoms with Crippen LogP contribution in [0.1, 0.15) is 12.0 Å². The van der Waals surface area contributed by atoms with Gasteiger partial charge in [-0.1, -0.05) is 17.7 Å². The lowest BCUT2D eigenvalue weighted by Crippen LogP contribution is -2.27. The predicted octanol–water partition coefficient (Wildman–Crippen LogP) is 2.33. The monoisotopic (exact) mass is 283 g/mol. The van der Waals surface area contributed by atoms with Gasteiger partial charge in [0.25, 0.3) is 0 Å². The first-order chi connectivity index (χ1) is 9.10. The zero-order chi connectivity index (χ0) is 13.8. The molecule has 1 saturated heterocycles. The van der Waals surface area contributed by atoms with E-state index in [0.29, 0.717) is 18.7 Å². The quantitative estimate of drug-likeness (QED) is 0.865. The molecule has 0 aromatic heterocycles. The molecule has 1 fully saturated rings. The number of aliphatic hydroxyl groups excluding tert-OH is 1. The van der Waals surface area contributed by atoms with E-state index >= 15 is 0 Å². The Hall–Kier alpha value is -1.39. The molecular formula is C14H15ClFNO2. The van der Waals surface area contributed by atoms with Crippen molar-refractivity contribution >= 4 is 23.6 Å². The lowest BCUT2D eigenvalue weighted by molar-refractivity contribution is -0.125. The number of amides is 1. The number of aliphatic hydroxyl groups is 1. The van der Waals surface area contributed by atoms with Crippen molar-refractivity contribution in [3.63, 3.8) is 0 Å². The van der Waals surface area contributed by atoms with Crippen LogP contribution in [-0.4, -0.2) is 35.6 Å². The summed E-state index contributed by atoms with van der Waals surface area (Å²) >= 11 is 5.66. The Bertz CT molecular complexity index is 504. The van der Waals surface area contributed by atoms with Gasteiger partial charge in [0.1, 0.15) is 5.82 Å². The highest BCUT2D eigenvalue weighted by Crippen LogP contribution is 2.18. The summed E-state index contributed by atoms with van der Waals surface area (Å²) in [7, 11) is 0. The number of benzene rings is 1. The Morgan fingerprint density at radius 1 is 1.58 bits per heavy atom. The molecule has 1 N–H and O–H groups in total. The Balaban J connectivity index is 1.98. The number of carbonyl (C=O) groups is 1. The van der Waals surface area contributed by atoms with Crippen molar-refractivity contribution in [2.45, 2.75) is 6.42 Å². The van der Waals surface area contributed by atoms with Crippen LogP contribution in [0.15, 0.2) is 24.3 Å². The molecule has 1 heterocycles. The van der Waals surface area contributed by atoms with Crippen molar-refractivity contribution in [1.29, 1.82) is 0 Å². The van der Waals surface area contributed by atoms with Gasteiger partial charge in [-0.3, -0.25) is 4.79 Å². The van der Waals surface area contributed by atoms with Gasteiger partial charge in [-0.2, -0.15) is 0 Å². The van der Waals surface area contributed by atoms with Crippen LogP contribution in [0, 0.1) is 11.7 Å². The highest BCUT2D eigenvalue weighted by molar-refractivity contribution is 6.30. The van der Waals surface area contributed by atoms with Crippen LogP contribution in [0.5, 0.6) is 0 Å². The summed E-state index contributed by atoms with van der Waals surface area (Å²) in [6.45, 7) is 1.36. The van der Waals surface area contributed by atoms with Gasteiger partial charge in [0.2, 0.25) is 5.91 Å². The molecule has 5 heteroatoms. The largest absolute Gasteiger partial charge is 0.396 e. The molecule has 2 rings (SSSR count). The van der Waals surface area contributed by atoms with Crippen molar-refractivity contribution in [1.82, 2.24) is 4.90 Å². The molecule has 102 valence electrons. The van der Waals surface area contributed by atoms with Crippen LogP contribution >= 0.6 is 11.6 Å². The molecule has 1 aliphatic rings. The Morgan fingerprint density at radius 2 is 2.37 bits per heavy atom. The molecular weight excluding hydrogens is 269 g/mol. The minimum absolute atomic E-state index is 0.0381. The summed E-state index contributed by atoms with van der Waals surface area (Å²) in [6.07, 6.45) is 3.89. The number of nitrogens with zero attached hydrogens (tertiary/aromatic N) is 1. The van der Waals surface area contributed by atoms with Crippen LogP contribution in [-0.2, 0) is 4.79 Å². The molecule has 0 radical (unpaired) electrons. The predicted molar refractivity (Wildman–Crippen MR) is 72.2 cm³/mol. The first-order valence-electron chi connectivity index (χ1n) is 6.13. The Morgan fingerprint density at radius 3 is 3.00 bits per heavy atom. The first-order valence-corrected chi connectivity index (χ1v) is 6.51. The normalized spacial score (nSPS) is 19.3. The second-order valence-electron chi connectivity index (χ2n) is 4.63. The molecule has 1 aromatic rings. The molecule has 0 bridgehead atoms. The maximum Gasteiger partial charge on any atom is 0.246 e. The van der Waals surface area contributed by atoms with Gasteiger partial charge >= 0.3 is 0 Å². The third-order valence-corrected chi connectivity index (χ3v) is 3.51. The summed E-state index contributed by atoms with van der Waals surface area (Å²) < 4.78 is 13.0. The van der Waals surface area contributed by atoms with Crippen LogP contribution in [0.3, 0.4) is 0 Å². The van der Waals surface area contributed by atoms with Gasteiger partial charge in [0, 0.05) is 31.7 Å². The van der Waals surface area contributed by atoms with Crippen LogP contribution in [0.25, 0.3) is 6.08 Å². The molecule has 1 atom stereocenters. The number of hydrogen-bond donors (Lipinski definition) is 1. The van der Waals surface area contributed by atoms with Crippen molar-refractivity contribution in [2.75, 3.05) is 19.7 Å². The molecule has 1 unspecified atom stereocenters. The molecule has 3 nitrogen and oxygen atoms in total. The van der Waals surface area contributed by atoms with Gasteiger partial charge in [-0.25, -0.2) is 4.39 Å². The van der Waals surface area contributed by atoms with Crippen LogP contribution in [0.4, 0.5) is 4.39 Å². The first kappa shape index (κ1) is 14.0. The van der Waals surface area contributed by atoms with Gasteiger partial charge < -0.3 is 10.0 Å². The second-order valence-corrected chi connectivity index (χ2v) is 5.04. The minimum Gasteiger partial charge on any atom is -0.396 e. The summed E-state index contributed by atoms with van der Waals surface area (Å²) in [6, 6.07) is 4.30. The van der Waals surface area contributed by atoms with Crippen LogP contribution < -0.4 is 0 Å². The van der Waals surface area contributed by atoms with E-state index in [1.807, 2.05) is 0 Å². The molecule has 0 saturated carbocycles. The van der Waals surface area contributed by atoms with Crippen molar-refractivity contribution in [2.24, 2.45) is 5.92 Å². The molecule has 0 spiro atoms. The lowest BCUT2D eigenvalue weighted by atomic mass is 10.1. The van der Waals surface area contributed by atoms with Crippen LogP contribution in [0.2, 0.25) is 5.02 Å². The van der Waals surface area contributed by atoms with E-state index in [4.69, 9.17) is 16.7 Å². The van der Waals surface area contributed by atoms with Gasteiger partial charge in [-0.15, -0.1) is 0 Å². The SMILES string of the molecule is O=C(/C=C/c1ccc(F)c(Cl)c1)N1CCC(CO)C1. The topological polar surface area (TPSA) is 40.5 Å². The maximum absolute atomic E-state index is 13.0. The molecule has 1 aromatic carbocycles. The van der Waals surface area contributed by atoms with Gasteiger partial charge in [0.15, 0.2) is 0 Å². The number of halogens is 2. The summed E-state index contributed by atoms with van der Waals surface area (Å²) in [5.74, 6) is -0.399. The molecule has 0 aliphatic carbocycles. The molecule has 19 heavy (non-hydrogen) atoms. The van der Waals surface area contributed by atoms with E-state index in [1.165, 1.54) is 18.2 Å². The number of likely N-dealkylation sites (tertiary alicyclic amines) is 1. The van der Waals surface area contributed by atoms with Crippen molar-refractivity contribution in [3.8, 4) is 0 Å². The lowest BCUT2D eigenvalue weighted by Gasteiger charge is -2.13. The average molecular weight is 284 g/mol. The van der Waals surface area contributed by atoms with E-state index in [9.17, 15) is 9.18 Å². The van der Waals surface area contributed by atoms with Crippen molar-refractivity contribution in [3.05, 3.63) is 40.7 Å².